The molecule has 3 aromatic rings. The van der Waals surface area contributed by atoms with Crippen LogP contribution in [0.3, 0.4) is 0 Å². The minimum absolute atomic E-state index is 0.429. The number of rotatable bonds is 5. The van der Waals surface area contributed by atoms with Crippen LogP contribution in [0.1, 0.15) is 24.5 Å². The van der Waals surface area contributed by atoms with Crippen molar-refractivity contribution in [2.75, 3.05) is 11.0 Å². The highest BCUT2D eigenvalue weighted by molar-refractivity contribution is 7.92. The summed E-state index contributed by atoms with van der Waals surface area (Å²) >= 11 is 6.39. The lowest BCUT2D eigenvalue weighted by Crippen LogP contribution is -2.09. The van der Waals surface area contributed by atoms with Gasteiger partial charge in [-0.1, -0.05) is 17.7 Å². The summed E-state index contributed by atoms with van der Waals surface area (Å²) in [6.07, 6.45) is 8.93. The van der Waals surface area contributed by atoms with Gasteiger partial charge < -0.3 is 0 Å². The molecule has 0 amide bonds. The molecule has 138 valence electrons. The van der Waals surface area contributed by atoms with Crippen molar-refractivity contribution in [2.24, 2.45) is 0 Å². The molecule has 0 radical (unpaired) electrons. The Morgan fingerprint density at radius 2 is 1.81 bits per heavy atom. The van der Waals surface area contributed by atoms with Gasteiger partial charge in [0.25, 0.3) is 0 Å². The van der Waals surface area contributed by atoms with E-state index < -0.39 is 10.0 Å². The van der Waals surface area contributed by atoms with Crippen LogP contribution in [0.4, 0.5) is 5.69 Å². The predicted octanol–water partition coefficient (Wildman–Crippen LogP) is 4.71. The van der Waals surface area contributed by atoms with E-state index >= 15 is 0 Å². The van der Waals surface area contributed by atoms with Gasteiger partial charge in [0.1, 0.15) is 0 Å². The third-order valence-electron chi connectivity index (χ3n) is 4.43. The Morgan fingerprint density at radius 1 is 1.04 bits per heavy atom. The smallest absolute Gasteiger partial charge is 0.229 e. The summed E-state index contributed by atoms with van der Waals surface area (Å²) < 4.78 is 25.2. The molecule has 27 heavy (non-hydrogen) atoms. The molecule has 1 N–H and O–H groups in total. The molecular weight excluding hydrogens is 382 g/mol. The van der Waals surface area contributed by atoms with Crippen LogP contribution in [0.2, 0.25) is 5.02 Å². The van der Waals surface area contributed by atoms with E-state index in [1.54, 1.807) is 24.4 Å². The average Bonchev–Trinajstić information content (AvgIpc) is 3.46. The Morgan fingerprint density at radius 3 is 2.52 bits per heavy atom. The third kappa shape index (κ3) is 4.28. The zero-order valence-electron chi connectivity index (χ0n) is 14.7. The monoisotopic (exact) mass is 399 g/mol. The summed E-state index contributed by atoms with van der Waals surface area (Å²) in [5.41, 5.74) is 5.29. The number of aromatic nitrogens is 2. The van der Waals surface area contributed by atoms with Gasteiger partial charge in [-0.25, -0.2) is 8.42 Å². The van der Waals surface area contributed by atoms with Gasteiger partial charge >= 0.3 is 0 Å². The standard InChI is InChI=1S/C20H18ClN3O2S/c1-27(25,26)24-17-4-5-18(19(21)10-17)16-8-15(11-22-12-16)14-6-7-23-20(9-14)13-2-3-13/h4-13,24H,2-3H2,1H3. The van der Waals surface area contributed by atoms with E-state index in [1.807, 2.05) is 24.5 Å². The molecular formula is C20H18ClN3O2S. The van der Waals surface area contributed by atoms with Crippen molar-refractivity contribution < 1.29 is 8.42 Å². The summed E-state index contributed by atoms with van der Waals surface area (Å²) in [6.45, 7) is 0. The normalized spacial score (nSPS) is 14.1. The van der Waals surface area contributed by atoms with Crippen LogP contribution in [-0.4, -0.2) is 24.6 Å². The van der Waals surface area contributed by atoms with Gasteiger partial charge in [0.2, 0.25) is 10.0 Å². The number of anilines is 1. The molecule has 0 unspecified atom stereocenters. The molecule has 0 bridgehead atoms. The minimum Gasteiger partial charge on any atom is -0.284 e. The van der Waals surface area contributed by atoms with Gasteiger partial charge in [0.05, 0.1) is 11.3 Å². The largest absolute Gasteiger partial charge is 0.284 e. The van der Waals surface area contributed by atoms with Crippen LogP contribution < -0.4 is 4.72 Å². The van der Waals surface area contributed by atoms with Crippen LogP contribution in [-0.2, 0) is 10.0 Å². The Kier molecular flexibility index (Phi) is 4.61. The summed E-state index contributed by atoms with van der Waals surface area (Å²) in [6, 6.07) is 11.2. The number of hydrogen-bond acceptors (Lipinski definition) is 4. The molecule has 1 aliphatic carbocycles. The van der Waals surface area contributed by atoms with Gasteiger partial charge in [-0.15, -0.1) is 0 Å². The maximum atomic E-state index is 11.4. The number of sulfonamides is 1. The van der Waals surface area contributed by atoms with Crippen molar-refractivity contribution in [1.82, 2.24) is 9.97 Å². The molecule has 1 fully saturated rings. The predicted molar refractivity (Wildman–Crippen MR) is 108 cm³/mol. The van der Waals surface area contributed by atoms with E-state index in [-0.39, 0.29) is 0 Å². The molecule has 2 aromatic heterocycles. The van der Waals surface area contributed by atoms with Gasteiger partial charge in [-0.2, -0.15) is 0 Å². The quantitative estimate of drug-likeness (QED) is 0.674. The van der Waals surface area contributed by atoms with Crippen molar-refractivity contribution in [1.29, 1.82) is 0 Å². The van der Waals surface area contributed by atoms with Crippen LogP contribution in [0.15, 0.2) is 55.0 Å². The lowest BCUT2D eigenvalue weighted by Gasteiger charge is -2.10. The Balaban J connectivity index is 1.67. The molecule has 0 saturated heterocycles. The Bertz CT molecular complexity index is 1110. The van der Waals surface area contributed by atoms with Gasteiger partial charge in [0, 0.05) is 52.6 Å². The zero-order valence-corrected chi connectivity index (χ0v) is 16.3. The fraction of sp³-hybridized carbons (Fsp3) is 0.200. The molecule has 1 aromatic carbocycles. The molecule has 7 heteroatoms. The van der Waals surface area contributed by atoms with Crippen molar-refractivity contribution in [3.8, 4) is 22.3 Å². The summed E-state index contributed by atoms with van der Waals surface area (Å²) in [5, 5.41) is 0.455. The van der Waals surface area contributed by atoms with Crippen molar-refractivity contribution in [2.45, 2.75) is 18.8 Å². The van der Waals surface area contributed by atoms with Crippen LogP contribution in [0, 0.1) is 0 Å². The van der Waals surface area contributed by atoms with Crippen LogP contribution in [0.5, 0.6) is 0 Å². The number of hydrogen-bond donors (Lipinski definition) is 1. The van der Waals surface area contributed by atoms with Gasteiger partial charge in [-0.05, 0) is 48.7 Å². The SMILES string of the molecule is CS(=O)(=O)Nc1ccc(-c2cncc(-c3ccnc(C4CC4)c3)c2)c(Cl)c1. The first kappa shape index (κ1) is 17.9. The number of pyridine rings is 2. The second-order valence-electron chi connectivity index (χ2n) is 6.77. The van der Waals surface area contributed by atoms with Crippen molar-refractivity contribution in [3.63, 3.8) is 0 Å². The molecule has 1 saturated carbocycles. The number of halogens is 1. The first-order valence-electron chi connectivity index (χ1n) is 8.58. The zero-order chi connectivity index (χ0) is 19.0. The summed E-state index contributed by atoms with van der Waals surface area (Å²) in [5.74, 6) is 0.588. The van der Waals surface area contributed by atoms with E-state index in [0.717, 1.165) is 34.2 Å². The number of benzene rings is 1. The highest BCUT2D eigenvalue weighted by Gasteiger charge is 2.25. The highest BCUT2D eigenvalue weighted by Crippen LogP contribution is 2.40. The van der Waals surface area contributed by atoms with Crippen LogP contribution >= 0.6 is 11.6 Å². The second-order valence-corrected chi connectivity index (χ2v) is 8.93. The molecule has 0 atom stereocenters. The van der Waals surface area contributed by atoms with Crippen molar-refractivity contribution in [3.05, 3.63) is 65.7 Å². The van der Waals surface area contributed by atoms with E-state index in [9.17, 15) is 8.42 Å². The van der Waals surface area contributed by atoms with E-state index in [0.29, 0.717) is 16.6 Å². The van der Waals surface area contributed by atoms with E-state index in [1.165, 1.54) is 12.8 Å². The molecule has 1 aliphatic rings. The minimum atomic E-state index is -3.35. The first-order chi connectivity index (χ1) is 12.9. The van der Waals surface area contributed by atoms with E-state index in [4.69, 9.17) is 11.6 Å². The fourth-order valence-electron chi connectivity index (χ4n) is 3.00. The van der Waals surface area contributed by atoms with Crippen LogP contribution in [0.25, 0.3) is 22.3 Å². The van der Waals surface area contributed by atoms with Gasteiger partial charge in [0.15, 0.2) is 0 Å². The second kappa shape index (κ2) is 6.94. The first-order valence-corrected chi connectivity index (χ1v) is 10.8. The topological polar surface area (TPSA) is 72.0 Å². The summed E-state index contributed by atoms with van der Waals surface area (Å²) in [4.78, 5) is 8.82. The third-order valence-corrected chi connectivity index (χ3v) is 5.35. The Hall–Kier alpha value is -2.44. The lowest BCUT2D eigenvalue weighted by atomic mass is 10.0. The summed E-state index contributed by atoms with van der Waals surface area (Å²) in [7, 11) is -3.35. The van der Waals surface area contributed by atoms with E-state index in [2.05, 4.69) is 20.8 Å². The highest BCUT2D eigenvalue weighted by atomic mass is 35.5. The molecule has 4 rings (SSSR count). The average molecular weight is 400 g/mol. The molecule has 0 spiro atoms. The van der Waals surface area contributed by atoms with Gasteiger partial charge in [-0.3, -0.25) is 14.7 Å². The number of nitrogens with zero attached hydrogens (tertiary/aromatic N) is 2. The van der Waals surface area contributed by atoms with Crippen molar-refractivity contribution >= 4 is 27.3 Å². The lowest BCUT2D eigenvalue weighted by molar-refractivity contribution is 0.607. The molecule has 5 nitrogen and oxygen atoms in total. The maximum absolute atomic E-state index is 11.4. The Labute approximate surface area is 163 Å². The molecule has 0 aliphatic heterocycles. The molecule has 2 heterocycles. The fourth-order valence-corrected chi connectivity index (χ4v) is 3.85. The maximum Gasteiger partial charge on any atom is 0.229 e. The number of nitrogens with one attached hydrogen (secondary N) is 1.